The molecule has 3 rings (SSSR count). The number of benzene rings is 3. The van der Waals surface area contributed by atoms with Crippen LogP contribution in [0, 0.1) is 13.8 Å². The largest absolute Gasteiger partial charge is 0.460 e. The number of amides is 1. The molecule has 0 radical (unpaired) electrons. The third kappa shape index (κ3) is 7.82. The van der Waals surface area contributed by atoms with Gasteiger partial charge in [0, 0.05) is 12.2 Å². The van der Waals surface area contributed by atoms with Crippen molar-refractivity contribution in [3.63, 3.8) is 0 Å². The molecule has 1 amide bonds. The number of nitrogens with zero attached hydrogens (tertiary/aromatic N) is 1. The summed E-state index contributed by atoms with van der Waals surface area (Å²) in [6, 6.07) is 19.0. The molecule has 0 aliphatic rings. The third-order valence-corrected chi connectivity index (χ3v) is 6.56. The normalized spacial score (nSPS) is 12.4. The highest BCUT2D eigenvalue weighted by Crippen LogP contribution is 2.30. The van der Waals surface area contributed by atoms with Crippen molar-refractivity contribution in [3.05, 3.63) is 138 Å². The van der Waals surface area contributed by atoms with Crippen molar-refractivity contribution in [1.82, 2.24) is 0 Å². The predicted octanol–water partition coefficient (Wildman–Crippen LogP) is 7.52. The lowest BCUT2D eigenvalue weighted by atomic mass is 9.96. The monoisotopic (exact) mass is 547 g/mol. The van der Waals surface area contributed by atoms with Crippen LogP contribution in [0.5, 0.6) is 0 Å². The molecule has 4 nitrogen and oxygen atoms in total. The standard InChI is InChI=1S/C33H32F3NO3/c1-5-10-25(6-2)22-40-32(39)30(27-11-8-7-9-12-27)31(38)37(29-18-13-23(3)24(4)21-29)20-19-26-14-16-28(17-15-26)33(34,35)36/h5-18,21,30H,1-2,19-20,22H2,3-4H3/b25-10+. The number of allylic oxidation sites excluding steroid dienone is 2. The van der Waals surface area contributed by atoms with Gasteiger partial charge in [-0.25, -0.2) is 0 Å². The van der Waals surface area contributed by atoms with Crippen LogP contribution < -0.4 is 4.90 Å². The average molecular weight is 548 g/mol. The van der Waals surface area contributed by atoms with E-state index in [0.717, 1.165) is 23.3 Å². The lowest BCUT2D eigenvalue weighted by Crippen LogP contribution is -2.40. The van der Waals surface area contributed by atoms with E-state index >= 15 is 0 Å². The number of anilines is 1. The first-order chi connectivity index (χ1) is 19.0. The van der Waals surface area contributed by atoms with Crippen LogP contribution in [0.2, 0.25) is 0 Å². The van der Waals surface area contributed by atoms with Gasteiger partial charge in [0.15, 0.2) is 5.92 Å². The zero-order valence-corrected chi connectivity index (χ0v) is 22.6. The molecule has 208 valence electrons. The van der Waals surface area contributed by atoms with Crippen LogP contribution >= 0.6 is 0 Å². The number of ether oxygens (including phenoxy) is 1. The molecule has 1 atom stereocenters. The summed E-state index contributed by atoms with van der Waals surface area (Å²) in [6.45, 7) is 11.3. The Morgan fingerprint density at radius 1 is 0.950 bits per heavy atom. The Hall–Kier alpha value is -4.39. The number of hydrogen-bond donors (Lipinski definition) is 0. The quantitative estimate of drug-likeness (QED) is 0.142. The van der Waals surface area contributed by atoms with E-state index in [1.165, 1.54) is 17.0 Å². The Labute approximate surface area is 233 Å². The lowest BCUT2D eigenvalue weighted by Gasteiger charge is -2.28. The molecular weight excluding hydrogens is 515 g/mol. The summed E-state index contributed by atoms with van der Waals surface area (Å²) < 4.78 is 44.6. The molecule has 0 saturated carbocycles. The van der Waals surface area contributed by atoms with Crippen molar-refractivity contribution < 1.29 is 27.5 Å². The number of aryl methyl sites for hydroxylation is 2. The molecule has 40 heavy (non-hydrogen) atoms. The van der Waals surface area contributed by atoms with Crippen molar-refractivity contribution in [3.8, 4) is 0 Å². The molecule has 0 aromatic heterocycles. The molecule has 3 aromatic rings. The number of hydrogen-bond acceptors (Lipinski definition) is 3. The molecule has 7 heteroatoms. The van der Waals surface area contributed by atoms with Gasteiger partial charge in [0.1, 0.15) is 6.61 Å². The molecule has 0 aliphatic carbocycles. The SMILES string of the molecule is C=C/C=C(\C=C)COC(=O)C(C(=O)N(CCc1ccc(C(F)(F)F)cc1)c1ccc(C)c(C)c1)c1ccccc1. The number of alkyl halides is 3. The zero-order valence-electron chi connectivity index (χ0n) is 22.6. The molecule has 0 heterocycles. The third-order valence-electron chi connectivity index (χ3n) is 6.56. The first-order valence-corrected chi connectivity index (χ1v) is 12.8. The lowest BCUT2D eigenvalue weighted by molar-refractivity contribution is -0.147. The number of carbonyl (C=O) groups excluding carboxylic acids is 2. The van der Waals surface area contributed by atoms with Gasteiger partial charge in [0.25, 0.3) is 0 Å². The molecule has 0 N–H and O–H groups in total. The fraction of sp³-hybridized carbons (Fsp3) is 0.212. The van der Waals surface area contributed by atoms with Crippen LogP contribution in [0.25, 0.3) is 0 Å². The Kier molecular flexibility index (Phi) is 10.3. The van der Waals surface area contributed by atoms with Gasteiger partial charge in [-0.15, -0.1) is 0 Å². The summed E-state index contributed by atoms with van der Waals surface area (Å²) in [5.41, 5.74) is 3.53. The van der Waals surface area contributed by atoms with E-state index in [-0.39, 0.29) is 19.6 Å². The van der Waals surface area contributed by atoms with E-state index in [2.05, 4.69) is 13.2 Å². The second kappa shape index (κ2) is 13.6. The van der Waals surface area contributed by atoms with Crippen molar-refractivity contribution in [2.24, 2.45) is 0 Å². The highest BCUT2D eigenvalue weighted by atomic mass is 19.4. The first kappa shape index (κ1) is 30.2. The van der Waals surface area contributed by atoms with Crippen LogP contribution in [-0.4, -0.2) is 25.0 Å². The fourth-order valence-corrected chi connectivity index (χ4v) is 4.11. The van der Waals surface area contributed by atoms with Gasteiger partial charge in [-0.05, 0) is 72.4 Å². The highest BCUT2D eigenvalue weighted by molar-refractivity contribution is 6.10. The van der Waals surface area contributed by atoms with Crippen LogP contribution in [-0.2, 0) is 26.9 Å². The average Bonchev–Trinajstić information content (AvgIpc) is 2.93. The maximum Gasteiger partial charge on any atom is 0.416 e. The van der Waals surface area contributed by atoms with E-state index in [9.17, 15) is 22.8 Å². The van der Waals surface area contributed by atoms with Crippen molar-refractivity contribution in [2.45, 2.75) is 32.4 Å². The van der Waals surface area contributed by atoms with Gasteiger partial charge >= 0.3 is 12.1 Å². The van der Waals surface area contributed by atoms with Crippen LogP contribution in [0.15, 0.2) is 110 Å². The second-order valence-electron chi connectivity index (χ2n) is 9.34. The Bertz CT molecular complexity index is 1380. The van der Waals surface area contributed by atoms with Gasteiger partial charge < -0.3 is 9.64 Å². The van der Waals surface area contributed by atoms with E-state index in [1.807, 2.05) is 26.0 Å². The molecule has 0 fully saturated rings. The number of carbonyl (C=O) groups is 2. The van der Waals surface area contributed by atoms with Crippen molar-refractivity contribution >= 4 is 17.6 Å². The smallest absolute Gasteiger partial charge is 0.416 e. The topological polar surface area (TPSA) is 46.6 Å². The summed E-state index contributed by atoms with van der Waals surface area (Å²) in [5.74, 6) is -2.49. The minimum absolute atomic E-state index is 0.0832. The Morgan fingerprint density at radius 3 is 2.20 bits per heavy atom. The van der Waals surface area contributed by atoms with E-state index in [4.69, 9.17) is 4.74 Å². The van der Waals surface area contributed by atoms with E-state index in [1.54, 1.807) is 54.6 Å². The maximum atomic E-state index is 14.2. The first-order valence-electron chi connectivity index (χ1n) is 12.8. The second-order valence-corrected chi connectivity index (χ2v) is 9.34. The molecule has 0 bridgehead atoms. The van der Waals surface area contributed by atoms with Crippen molar-refractivity contribution in [2.75, 3.05) is 18.1 Å². The summed E-state index contributed by atoms with van der Waals surface area (Å²) in [6.07, 6.45) is 0.587. The molecule has 0 spiro atoms. The van der Waals surface area contributed by atoms with Gasteiger partial charge in [0.2, 0.25) is 5.91 Å². The van der Waals surface area contributed by atoms with Crippen molar-refractivity contribution in [1.29, 1.82) is 0 Å². The molecule has 0 saturated heterocycles. The summed E-state index contributed by atoms with van der Waals surface area (Å²) in [7, 11) is 0. The number of halogens is 3. The van der Waals surface area contributed by atoms with Crippen LogP contribution in [0.1, 0.15) is 33.7 Å². The minimum Gasteiger partial charge on any atom is -0.460 e. The predicted molar refractivity (Wildman–Crippen MR) is 152 cm³/mol. The van der Waals surface area contributed by atoms with Gasteiger partial charge in [-0.2, -0.15) is 13.2 Å². The minimum atomic E-state index is -4.43. The summed E-state index contributed by atoms with van der Waals surface area (Å²) in [4.78, 5) is 29.1. The Morgan fingerprint density at radius 2 is 1.62 bits per heavy atom. The summed E-state index contributed by atoms with van der Waals surface area (Å²) >= 11 is 0. The van der Waals surface area contributed by atoms with E-state index < -0.39 is 29.5 Å². The molecule has 3 aromatic carbocycles. The molecule has 1 unspecified atom stereocenters. The van der Waals surface area contributed by atoms with E-state index in [0.29, 0.717) is 22.4 Å². The highest BCUT2D eigenvalue weighted by Gasteiger charge is 2.35. The Balaban J connectivity index is 1.97. The zero-order chi connectivity index (χ0) is 29.3. The number of esters is 1. The van der Waals surface area contributed by atoms with Gasteiger partial charge in [-0.1, -0.05) is 79.9 Å². The fourth-order valence-electron chi connectivity index (χ4n) is 4.11. The van der Waals surface area contributed by atoms with Gasteiger partial charge in [0.05, 0.1) is 5.56 Å². The molecule has 0 aliphatic heterocycles. The van der Waals surface area contributed by atoms with Crippen LogP contribution in [0.4, 0.5) is 18.9 Å². The maximum absolute atomic E-state index is 14.2. The molecular formula is C33H32F3NO3. The van der Waals surface area contributed by atoms with Gasteiger partial charge in [-0.3, -0.25) is 9.59 Å². The van der Waals surface area contributed by atoms with Crippen LogP contribution in [0.3, 0.4) is 0 Å². The summed E-state index contributed by atoms with van der Waals surface area (Å²) in [5, 5.41) is 0. The number of rotatable bonds is 11.